The fourth-order valence-corrected chi connectivity index (χ4v) is 3.81. The number of rotatable bonds is 18. The van der Waals surface area contributed by atoms with Gasteiger partial charge in [-0.2, -0.15) is 0 Å². The van der Waals surface area contributed by atoms with E-state index in [-0.39, 0.29) is 5.41 Å². The van der Waals surface area contributed by atoms with Crippen LogP contribution in [0.1, 0.15) is 107 Å². The van der Waals surface area contributed by atoms with E-state index in [4.69, 9.17) is 0 Å². The van der Waals surface area contributed by atoms with Crippen LogP contribution in [0.25, 0.3) is 0 Å². The summed E-state index contributed by atoms with van der Waals surface area (Å²) in [5, 5.41) is 0. The standard InChI is InChI=1S/C34H58/c1-14-34(13,24-22-33(12)32(11)20-18-29(8)26(4)5)23-21-27(6)15-16-30(9)31(10)19-17-28(7)25(2)3/h14,17,21,23,25,27,29-30,33H,1,4,10-11,15-16,18-20,22,24H2,2-3,5-9,12-13H3/b23-21+,28-17-/t27-,29-,30-,33-,34+/m1/s1. The lowest BCUT2D eigenvalue weighted by molar-refractivity contribution is 0.423. The highest BCUT2D eigenvalue weighted by molar-refractivity contribution is 5.12. The van der Waals surface area contributed by atoms with Crippen LogP contribution in [0.2, 0.25) is 0 Å². The summed E-state index contributed by atoms with van der Waals surface area (Å²) in [5.41, 5.74) is 5.52. The van der Waals surface area contributed by atoms with Crippen LogP contribution >= 0.6 is 0 Å². The van der Waals surface area contributed by atoms with Crippen LogP contribution in [0.3, 0.4) is 0 Å². The summed E-state index contributed by atoms with van der Waals surface area (Å²) in [7, 11) is 0. The molecule has 34 heavy (non-hydrogen) atoms. The maximum atomic E-state index is 4.39. The fourth-order valence-electron chi connectivity index (χ4n) is 3.81. The van der Waals surface area contributed by atoms with Gasteiger partial charge in [0.25, 0.3) is 0 Å². The molecular weight excluding hydrogens is 408 g/mol. The first kappa shape index (κ1) is 32.4. The monoisotopic (exact) mass is 466 g/mol. The largest absolute Gasteiger partial charge is 0.102 e. The molecule has 194 valence electrons. The van der Waals surface area contributed by atoms with Gasteiger partial charge >= 0.3 is 0 Å². The van der Waals surface area contributed by atoms with Gasteiger partial charge in [-0.05, 0) is 88.4 Å². The molecule has 0 aromatic carbocycles. The third-order valence-corrected chi connectivity index (χ3v) is 8.17. The molecule has 0 aliphatic heterocycles. The summed E-state index contributed by atoms with van der Waals surface area (Å²) < 4.78 is 0. The van der Waals surface area contributed by atoms with Gasteiger partial charge in [0, 0.05) is 5.41 Å². The van der Waals surface area contributed by atoms with Crippen LogP contribution in [0.15, 0.2) is 72.9 Å². The molecule has 0 rings (SSSR count). The van der Waals surface area contributed by atoms with Crippen LogP contribution < -0.4 is 0 Å². The third-order valence-electron chi connectivity index (χ3n) is 8.17. The zero-order chi connectivity index (χ0) is 26.5. The maximum Gasteiger partial charge on any atom is 0.00303 e. The average Bonchev–Trinajstić information content (AvgIpc) is 2.80. The van der Waals surface area contributed by atoms with E-state index in [9.17, 15) is 0 Å². The SMILES string of the molecule is C=C[C@@](C)(/C=C/[C@H](C)CC[C@@H](C)C(=C)C/C=C(/C)C(C)C)CC[C@@H](C)C(=C)CC[C@@H](C)C(=C)C. The lowest BCUT2D eigenvalue weighted by Gasteiger charge is -2.25. The van der Waals surface area contributed by atoms with Gasteiger partial charge in [-0.1, -0.05) is 115 Å². The Morgan fingerprint density at radius 2 is 1.38 bits per heavy atom. The molecular formula is C34H58. The summed E-state index contributed by atoms with van der Waals surface area (Å²) in [6, 6.07) is 0. The summed E-state index contributed by atoms with van der Waals surface area (Å²) in [6.07, 6.45) is 17.2. The van der Waals surface area contributed by atoms with Gasteiger partial charge in [-0.15, -0.1) is 6.58 Å². The Kier molecular flexibility index (Phi) is 15.4. The molecule has 0 saturated heterocycles. The number of allylic oxidation sites excluding steroid dienone is 8. The van der Waals surface area contributed by atoms with Crippen molar-refractivity contribution < 1.29 is 0 Å². The summed E-state index contributed by atoms with van der Waals surface area (Å²) in [6.45, 7) is 37.4. The zero-order valence-electron chi connectivity index (χ0n) is 24.5. The molecule has 0 bridgehead atoms. The molecule has 0 fully saturated rings. The Bertz CT molecular complexity index is 712. The highest BCUT2D eigenvalue weighted by Gasteiger charge is 2.19. The highest BCUT2D eigenvalue weighted by atomic mass is 14.2. The maximum absolute atomic E-state index is 4.39. The molecule has 0 amide bonds. The normalized spacial score (nSPS) is 17.8. The van der Waals surface area contributed by atoms with Crippen LogP contribution in [0.4, 0.5) is 0 Å². The minimum absolute atomic E-state index is 0.0438. The molecule has 0 spiro atoms. The molecule has 0 aromatic rings. The van der Waals surface area contributed by atoms with Gasteiger partial charge in [0.2, 0.25) is 0 Å². The van der Waals surface area contributed by atoms with Crippen molar-refractivity contribution in [2.75, 3.05) is 0 Å². The van der Waals surface area contributed by atoms with E-state index in [0.717, 1.165) is 32.1 Å². The van der Waals surface area contributed by atoms with Crippen LogP contribution in [-0.4, -0.2) is 0 Å². The lowest BCUT2D eigenvalue weighted by atomic mass is 9.80. The minimum Gasteiger partial charge on any atom is -0.102 e. The second kappa shape index (κ2) is 16.2. The van der Waals surface area contributed by atoms with E-state index >= 15 is 0 Å². The molecule has 0 nitrogen and oxygen atoms in total. The van der Waals surface area contributed by atoms with E-state index in [1.807, 2.05) is 0 Å². The molecule has 0 unspecified atom stereocenters. The summed E-state index contributed by atoms with van der Waals surface area (Å²) in [5.74, 6) is 2.88. The molecule has 0 aliphatic carbocycles. The zero-order valence-corrected chi connectivity index (χ0v) is 24.5. The van der Waals surface area contributed by atoms with E-state index < -0.39 is 0 Å². The van der Waals surface area contributed by atoms with Gasteiger partial charge in [0.15, 0.2) is 0 Å². The van der Waals surface area contributed by atoms with Gasteiger partial charge in [-0.25, -0.2) is 0 Å². The summed E-state index contributed by atoms with van der Waals surface area (Å²) >= 11 is 0. The van der Waals surface area contributed by atoms with Gasteiger partial charge in [0.05, 0.1) is 0 Å². The molecule has 0 aliphatic rings. The lowest BCUT2D eigenvalue weighted by Crippen LogP contribution is -2.13. The third kappa shape index (κ3) is 13.4. The Balaban J connectivity index is 4.63. The van der Waals surface area contributed by atoms with Crippen LogP contribution in [-0.2, 0) is 0 Å². The fraction of sp³-hybridized carbons (Fsp3) is 0.647. The van der Waals surface area contributed by atoms with E-state index in [1.54, 1.807) is 0 Å². The van der Waals surface area contributed by atoms with Gasteiger partial charge in [0.1, 0.15) is 0 Å². The molecule has 0 heteroatoms. The van der Waals surface area contributed by atoms with Crippen molar-refractivity contribution in [1.29, 1.82) is 0 Å². The molecule has 0 N–H and O–H groups in total. The smallest absolute Gasteiger partial charge is 0.00303 e. The first-order valence-electron chi connectivity index (χ1n) is 13.7. The van der Waals surface area contributed by atoms with Crippen molar-refractivity contribution in [3.05, 3.63) is 72.9 Å². The number of hydrogen-bond acceptors (Lipinski definition) is 0. The number of hydrogen-bond donors (Lipinski definition) is 0. The van der Waals surface area contributed by atoms with Crippen molar-refractivity contribution in [3.63, 3.8) is 0 Å². The topological polar surface area (TPSA) is 0 Å². The molecule has 0 radical (unpaired) electrons. The molecule has 0 aromatic heterocycles. The van der Waals surface area contributed by atoms with E-state index in [1.165, 1.54) is 35.1 Å². The Morgan fingerprint density at radius 1 is 0.794 bits per heavy atom. The second-order valence-corrected chi connectivity index (χ2v) is 11.9. The Labute approximate surface area is 215 Å². The van der Waals surface area contributed by atoms with Gasteiger partial charge in [-0.3, -0.25) is 0 Å². The molecule has 0 saturated carbocycles. The van der Waals surface area contributed by atoms with Crippen LogP contribution in [0.5, 0.6) is 0 Å². The van der Waals surface area contributed by atoms with Crippen LogP contribution in [0, 0.1) is 35.0 Å². The average molecular weight is 467 g/mol. The minimum atomic E-state index is 0.0438. The highest BCUT2D eigenvalue weighted by Crippen LogP contribution is 2.33. The Morgan fingerprint density at radius 3 is 1.91 bits per heavy atom. The first-order valence-corrected chi connectivity index (χ1v) is 13.7. The van der Waals surface area contributed by atoms with Crippen molar-refractivity contribution in [1.82, 2.24) is 0 Å². The predicted molar refractivity (Wildman–Crippen MR) is 158 cm³/mol. The predicted octanol–water partition coefficient (Wildman–Crippen LogP) is 11.3. The second-order valence-electron chi connectivity index (χ2n) is 11.9. The van der Waals surface area contributed by atoms with Gasteiger partial charge < -0.3 is 0 Å². The van der Waals surface area contributed by atoms with Crippen molar-refractivity contribution in [2.24, 2.45) is 35.0 Å². The molecule has 5 atom stereocenters. The quantitative estimate of drug-likeness (QED) is 0.176. The molecule has 0 heterocycles. The first-order chi connectivity index (χ1) is 15.7. The van der Waals surface area contributed by atoms with E-state index in [0.29, 0.717) is 29.6 Å². The van der Waals surface area contributed by atoms with Crippen molar-refractivity contribution in [3.8, 4) is 0 Å². The van der Waals surface area contributed by atoms with Crippen molar-refractivity contribution in [2.45, 2.75) is 107 Å². The van der Waals surface area contributed by atoms with E-state index in [2.05, 4.69) is 113 Å². The van der Waals surface area contributed by atoms with Crippen molar-refractivity contribution >= 4 is 0 Å². The Hall–Kier alpha value is -1.56. The summed E-state index contributed by atoms with van der Waals surface area (Å²) in [4.78, 5) is 0.